The van der Waals surface area contributed by atoms with Gasteiger partial charge in [-0.2, -0.15) is 5.10 Å². The van der Waals surface area contributed by atoms with Crippen molar-refractivity contribution in [1.29, 1.82) is 5.41 Å². The molecular weight excluding hydrogens is 214 g/mol. The summed E-state index contributed by atoms with van der Waals surface area (Å²) in [5.41, 5.74) is 7.23. The molecule has 0 unspecified atom stereocenters. The number of nitrogens with one attached hydrogen (secondary N) is 1. The molecule has 0 aromatic carbocycles. The van der Waals surface area contributed by atoms with Gasteiger partial charge < -0.3 is 10.6 Å². The largest absolute Gasteiger partial charge is 0.384 e. The van der Waals surface area contributed by atoms with Gasteiger partial charge in [0.25, 0.3) is 0 Å². The Bertz CT molecular complexity index is 405. The Hall–Kier alpha value is -1.52. The van der Waals surface area contributed by atoms with Gasteiger partial charge in [-0.1, -0.05) is 13.8 Å². The predicted molar refractivity (Wildman–Crippen MR) is 71.7 cm³/mol. The fourth-order valence-electron chi connectivity index (χ4n) is 2.13. The van der Waals surface area contributed by atoms with Crippen LogP contribution in [0, 0.1) is 18.3 Å². The average molecular weight is 237 g/mol. The average Bonchev–Trinajstić information content (AvgIpc) is 2.49. The minimum Gasteiger partial charge on any atom is -0.384 e. The van der Waals surface area contributed by atoms with Crippen molar-refractivity contribution in [3.8, 4) is 0 Å². The summed E-state index contributed by atoms with van der Waals surface area (Å²) in [6.45, 7) is 10.2. The lowest BCUT2D eigenvalue weighted by Crippen LogP contribution is -2.31. The number of nitrogen functional groups attached to an aromatic ring is 1. The molecule has 0 atom stereocenters. The Morgan fingerprint density at radius 1 is 1.53 bits per heavy atom. The summed E-state index contributed by atoms with van der Waals surface area (Å²) >= 11 is 0. The number of hydrogen-bond acceptors (Lipinski definition) is 3. The first kappa shape index (κ1) is 13.5. The van der Waals surface area contributed by atoms with Crippen molar-refractivity contribution in [2.45, 2.75) is 27.7 Å². The van der Waals surface area contributed by atoms with Crippen LogP contribution in [-0.4, -0.2) is 28.7 Å². The molecule has 1 rings (SSSR count). The van der Waals surface area contributed by atoms with Gasteiger partial charge in [-0.15, -0.1) is 0 Å². The Balaban J connectivity index is 3.22. The third-order valence-corrected chi connectivity index (χ3v) is 2.73. The normalized spacial score (nSPS) is 10.9. The summed E-state index contributed by atoms with van der Waals surface area (Å²) in [5, 5.41) is 12.0. The third kappa shape index (κ3) is 2.78. The highest BCUT2D eigenvalue weighted by Gasteiger charge is 2.20. The fraction of sp³-hybridized carbons (Fsp3) is 0.667. The van der Waals surface area contributed by atoms with Crippen LogP contribution in [0.4, 0.5) is 5.82 Å². The second kappa shape index (κ2) is 5.21. The predicted octanol–water partition coefficient (Wildman–Crippen LogP) is 1.49. The highest BCUT2D eigenvalue weighted by molar-refractivity contribution is 6.00. The van der Waals surface area contributed by atoms with Gasteiger partial charge in [0, 0.05) is 20.1 Å². The number of aromatic nitrogens is 2. The summed E-state index contributed by atoms with van der Waals surface area (Å²) in [6.07, 6.45) is 0. The Labute approximate surface area is 103 Å². The highest BCUT2D eigenvalue weighted by atomic mass is 15.4. The van der Waals surface area contributed by atoms with E-state index in [4.69, 9.17) is 11.1 Å². The first-order chi connectivity index (χ1) is 7.88. The SMILES string of the molecule is CCN(CC(C)C)c1c(C(=N)N)c(C)nn1C. The molecule has 17 heavy (non-hydrogen) atoms. The van der Waals surface area contributed by atoms with Crippen molar-refractivity contribution in [3.05, 3.63) is 11.3 Å². The van der Waals surface area contributed by atoms with Crippen LogP contribution in [0.3, 0.4) is 0 Å². The molecular formula is C12H23N5. The molecule has 0 fully saturated rings. The van der Waals surface area contributed by atoms with Crippen LogP contribution in [0.1, 0.15) is 32.0 Å². The van der Waals surface area contributed by atoms with E-state index in [0.29, 0.717) is 5.92 Å². The van der Waals surface area contributed by atoms with Crippen molar-refractivity contribution >= 4 is 11.7 Å². The molecule has 0 aliphatic carbocycles. The molecule has 3 N–H and O–H groups in total. The van der Waals surface area contributed by atoms with Crippen LogP contribution in [0.5, 0.6) is 0 Å². The lowest BCUT2D eigenvalue weighted by Gasteiger charge is -2.26. The molecule has 0 bridgehead atoms. The van der Waals surface area contributed by atoms with Gasteiger partial charge in [-0.3, -0.25) is 10.1 Å². The van der Waals surface area contributed by atoms with Crippen LogP contribution in [0.2, 0.25) is 0 Å². The number of anilines is 1. The van der Waals surface area contributed by atoms with Gasteiger partial charge in [0.1, 0.15) is 11.7 Å². The van der Waals surface area contributed by atoms with Crippen LogP contribution < -0.4 is 10.6 Å². The van der Waals surface area contributed by atoms with E-state index in [1.165, 1.54) is 0 Å². The summed E-state index contributed by atoms with van der Waals surface area (Å²) in [6, 6.07) is 0. The Morgan fingerprint density at radius 3 is 2.53 bits per heavy atom. The topological polar surface area (TPSA) is 70.9 Å². The highest BCUT2D eigenvalue weighted by Crippen LogP contribution is 2.23. The van der Waals surface area contributed by atoms with Crippen molar-refractivity contribution in [2.24, 2.45) is 18.7 Å². The maximum absolute atomic E-state index is 7.68. The van der Waals surface area contributed by atoms with E-state index < -0.39 is 0 Å². The van der Waals surface area contributed by atoms with E-state index in [0.717, 1.165) is 30.2 Å². The monoisotopic (exact) mass is 237 g/mol. The van der Waals surface area contributed by atoms with E-state index in [-0.39, 0.29) is 5.84 Å². The van der Waals surface area contributed by atoms with Crippen molar-refractivity contribution in [3.63, 3.8) is 0 Å². The van der Waals surface area contributed by atoms with E-state index in [1.54, 1.807) is 0 Å². The van der Waals surface area contributed by atoms with Gasteiger partial charge in [0.15, 0.2) is 0 Å². The zero-order valence-electron chi connectivity index (χ0n) is 11.4. The van der Waals surface area contributed by atoms with Gasteiger partial charge in [-0.05, 0) is 19.8 Å². The molecule has 0 aliphatic rings. The number of aryl methyl sites for hydroxylation is 2. The van der Waals surface area contributed by atoms with Crippen molar-refractivity contribution in [1.82, 2.24) is 9.78 Å². The summed E-state index contributed by atoms with van der Waals surface area (Å²) in [7, 11) is 1.90. The number of nitrogens with two attached hydrogens (primary N) is 1. The van der Waals surface area contributed by atoms with E-state index in [1.807, 2.05) is 18.7 Å². The summed E-state index contributed by atoms with van der Waals surface area (Å²) < 4.78 is 1.82. The molecule has 0 aliphatic heterocycles. The summed E-state index contributed by atoms with van der Waals surface area (Å²) in [4.78, 5) is 2.22. The fourth-order valence-corrected chi connectivity index (χ4v) is 2.13. The standard InChI is InChI=1S/C12H23N5/c1-6-17(7-8(2)3)12-10(11(13)14)9(4)15-16(12)5/h8H,6-7H2,1-5H3,(H3,13,14). The van der Waals surface area contributed by atoms with Gasteiger partial charge in [0.2, 0.25) is 0 Å². The zero-order chi connectivity index (χ0) is 13.2. The van der Waals surface area contributed by atoms with E-state index >= 15 is 0 Å². The van der Waals surface area contributed by atoms with E-state index in [9.17, 15) is 0 Å². The maximum atomic E-state index is 7.68. The lowest BCUT2D eigenvalue weighted by molar-refractivity contribution is 0.599. The van der Waals surface area contributed by atoms with Crippen molar-refractivity contribution in [2.75, 3.05) is 18.0 Å². The van der Waals surface area contributed by atoms with Gasteiger partial charge >= 0.3 is 0 Å². The first-order valence-electron chi connectivity index (χ1n) is 6.01. The molecule has 1 aromatic heterocycles. The molecule has 5 heteroatoms. The second-order valence-corrected chi connectivity index (χ2v) is 4.75. The summed E-state index contributed by atoms with van der Waals surface area (Å²) in [5.74, 6) is 1.60. The van der Waals surface area contributed by atoms with Gasteiger partial charge in [-0.25, -0.2) is 0 Å². The second-order valence-electron chi connectivity index (χ2n) is 4.75. The number of amidine groups is 1. The Morgan fingerprint density at radius 2 is 2.12 bits per heavy atom. The van der Waals surface area contributed by atoms with Crippen LogP contribution >= 0.6 is 0 Å². The van der Waals surface area contributed by atoms with Crippen LogP contribution in [-0.2, 0) is 7.05 Å². The minimum atomic E-state index is 0.0906. The molecule has 96 valence electrons. The Kier molecular flexibility index (Phi) is 4.15. The number of nitrogens with zero attached hydrogens (tertiary/aromatic N) is 3. The zero-order valence-corrected chi connectivity index (χ0v) is 11.4. The maximum Gasteiger partial charge on any atom is 0.137 e. The molecule has 0 saturated heterocycles. The first-order valence-corrected chi connectivity index (χ1v) is 6.01. The number of rotatable bonds is 5. The molecule has 0 saturated carbocycles. The molecule has 1 aromatic rings. The third-order valence-electron chi connectivity index (χ3n) is 2.73. The van der Waals surface area contributed by atoms with Gasteiger partial charge in [0.05, 0.1) is 11.3 Å². The molecule has 0 spiro atoms. The molecule has 5 nitrogen and oxygen atoms in total. The number of hydrogen-bond donors (Lipinski definition) is 2. The smallest absolute Gasteiger partial charge is 0.137 e. The van der Waals surface area contributed by atoms with E-state index in [2.05, 4.69) is 30.8 Å². The molecule has 0 amide bonds. The quantitative estimate of drug-likeness (QED) is 0.602. The molecule has 0 radical (unpaired) electrons. The van der Waals surface area contributed by atoms with Crippen molar-refractivity contribution < 1.29 is 0 Å². The lowest BCUT2D eigenvalue weighted by atomic mass is 10.1. The minimum absolute atomic E-state index is 0.0906. The molecule has 1 heterocycles. The van der Waals surface area contributed by atoms with Crippen LogP contribution in [0.25, 0.3) is 0 Å². The van der Waals surface area contributed by atoms with Crippen LogP contribution in [0.15, 0.2) is 0 Å².